The number of benzene rings is 2. The summed E-state index contributed by atoms with van der Waals surface area (Å²) in [4.78, 5) is 12.1. The summed E-state index contributed by atoms with van der Waals surface area (Å²) in [6.07, 6.45) is -4.53. The van der Waals surface area contributed by atoms with Gasteiger partial charge in [-0.3, -0.25) is 4.79 Å². The second-order valence-electron chi connectivity index (χ2n) is 6.82. The molecule has 0 radical (unpaired) electrons. The number of hydrogen-bond acceptors (Lipinski definition) is 4. The van der Waals surface area contributed by atoms with Gasteiger partial charge in [-0.25, -0.2) is 12.8 Å². The van der Waals surface area contributed by atoms with Crippen LogP contribution in [0, 0.1) is 11.7 Å². The van der Waals surface area contributed by atoms with E-state index in [1.54, 1.807) is 0 Å². The lowest BCUT2D eigenvalue weighted by atomic mass is 9.97. The van der Waals surface area contributed by atoms with E-state index in [2.05, 4.69) is 10.1 Å². The first kappa shape index (κ1) is 23.3. The topological polar surface area (TPSA) is 75.7 Å². The third kappa shape index (κ3) is 5.86. The standard InChI is InChI=1S/C19H17ClF4N2O4S/c20-16-10-13(4-5-17(16)21)25-18(27)12-6-8-26(9-7-12)31(28,29)15-3-1-2-14(11-15)30-19(22,23)24/h1-5,10-12H,6-9H2,(H,25,27). The number of hydrogen-bond donors (Lipinski definition) is 1. The number of halogens is 5. The molecule has 2 aromatic carbocycles. The number of ether oxygens (including phenoxy) is 1. The van der Waals surface area contributed by atoms with Crippen LogP contribution in [0.3, 0.4) is 0 Å². The molecule has 31 heavy (non-hydrogen) atoms. The van der Waals surface area contributed by atoms with Crippen LogP contribution < -0.4 is 10.1 Å². The van der Waals surface area contributed by atoms with Gasteiger partial charge >= 0.3 is 6.36 Å². The summed E-state index contributed by atoms with van der Waals surface area (Å²) in [7, 11) is -4.06. The maximum atomic E-state index is 13.2. The van der Waals surface area contributed by atoms with E-state index < -0.39 is 33.9 Å². The molecule has 0 aliphatic carbocycles. The van der Waals surface area contributed by atoms with E-state index >= 15 is 0 Å². The Balaban J connectivity index is 1.63. The normalized spacial score (nSPS) is 16.2. The first-order valence-corrected chi connectivity index (χ1v) is 10.9. The Morgan fingerprint density at radius 2 is 1.81 bits per heavy atom. The molecule has 6 nitrogen and oxygen atoms in total. The largest absolute Gasteiger partial charge is 0.573 e. The zero-order valence-corrected chi connectivity index (χ0v) is 17.4. The molecule has 0 atom stereocenters. The number of alkyl halides is 3. The highest BCUT2D eigenvalue weighted by Crippen LogP contribution is 2.29. The summed E-state index contributed by atoms with van der Waals surface area (Å²) in [5.41, 5.74) is 0.313. The Kier molecular flexibility index (Phi) is 6.77. The van der Waals surface area contributed by atoms with Crippen LogP contribution in [0.1, 0.15) is 12.8 Å². The third-order valence-corrected chi connectivity index (χ3v) is 6.87. The summed E-state index contributed by atoms with van der Waals surface area (Å²) in [5, 5.41) is 2.47. The molecule has 0 spiro atoms. The number of nitrogens with zero attached hydrogens (tertiary/aromatic N) is 1. The lowest BCUT2D eigenvalue weighted by molar-refractivity contribution is -0.274. The monoisotopic (exact) mass is 480 g/mol. The van der Waals surface area contributed by atoms with Crippen LogP contribution in [-0.2, 0) is 14.8 Å². The fourth-order valence-corrected chi connectivity index (χ4v) is 4.84. The van der Waals surface area contributed by atoms with E-state index in [-0.39, 0.29) is 41.8 Å². The van der Waals surface area contributed by atoms with Crippen molar-refractivity contribution in [2.24, 2.45) is 5.92 Å². The fourth-order valence-electron chi connectivity index (χ4n) is 3.16. The van der Waals surface area contributed by atoms with Crippen molar-refractivity contribution in [1.82, 2.24) is 4.31 Å². The molecule has 1 fully saturated rings. The van der Waals surface area contributed by atoms with Crippen LogP contribution in [0.25, 0.3) is 0 Å². The number of rotatable bonds is 5. The number of nitrogens with one attached hydrogen (secondary N) is 1. The quantitative estimate of drug-likeness (QED) is 0.643. The fraction of sp³-hybridized carbons (Fsp3) is 0.316. The number of piperidine rings is 1. The van der Waals surface area contributed by atoms with Crippen LogP contribution in [0.5, 0.6) is 5.75 Å². The predicted octanol–water partition coefficient (Wildman–Crippen LogP) is 4.42. The van der Waals surface area contributed by atoms with Crippen LogP contribution in [0.15, 0.2) is 47.4 Å². The Morgan fingerprint density at radius 1 is 1.13 bits per heavy atom. The maximum Gasteiger partial charge on any atom is 0.573 e. The third-order valence-electron chi connectivity index (χ3n) is 4.69. The van der Waals surface area contributed by atoms with E-state index in [1.165, 1.54) is 18.2 Å². The van der Waals surface area contributed by atoms with Gasteiger partial charge in [0.05, 0.1) is 9.92 Å². The number of carbonyl (C=O) groups excluding carboxylic acids is 1. The van der Waals surface area contributed by atoms with Gasteiger partial charge in [-0.15, -0.1) is 13.2 Å². The SMILES string of the molecule is O=C(Nc1ccc(F)c(Cl)c1)C1CCN(S(=O)(=O)c2cccc(OC(F)(F)F)c2)CC1. The molecule has 168 valence electrons. The lowest BCUT2D eigenvalue weighted by Gasteiger charge is -2.30. The predicted molar refractivity (Wildman–Crippen MR) is 105 cm³/mol. The molecular weight excluding hydrogens is 464 g/mol. The van der Waals surface area contributed by atoms with Gasteiger partial charge in [0.1, 0.15) is 11.6 Å². The molecule has 0 aromatic heterocycles. The van der Waals surface area contributed by atoms with Gasteiger partial charge in [-0.2, -0.15) is 4.31 Å². The summed E-state index contributed by atoms with van der Waals surface area (Å²) in [6, 6.07) is 7.88. The molecule has 1 saturated heterocycles. The molecule has 0 unspecified atom stereocenters. The van der Waals surface area contributed by atoms with Gasteiger partial charge in [-0.05, 0) is 43.2 Å². The summed E-state index contributed by atoms with van der Waals surface area (Å²) >= 11 is 5.69. The second kappa shape index (κ2) is 9.01. The van der Waals surface area contributed by atoms with E-state index in [0.717, 1.165) is 28.6 Å². The molecule has 0 saturated carbocycles. The van der Waals surface area contributed by atoms with Crippen LogP contribution in [0.2, 0.25) is 5.02 Å². The highest BCUT2D eigenvalue weighted by atomic mass is 35.5. The Bertz CT molecular complexity index is 1070. The van der Waals surface area contributed by atoms with E-state index in [4.69, 9.17) is 11.6 Å². The highest BCUT2D eigenvalue weighted by molar-refractivity contribution is 7.89. The van der Waals surface area contributed by atoms with Gasteiger partial charge in [0.2, 0.25) is 15.9 Å². The van der Waals surface area contributed by atoms with Gasteiger partial charge in [0.25, 0.3) is 0 Å². The van der Waals surface area contributed by atoms with Crippen molar-refractivity contribution in [2.45, 2.75) is 24.1 Å². The maximum absolute atomic E-state index is 13.2. The minimum atomic E-state index is -4.94. The molecule has 12 heteroatoms. The molecule has 1 aliphatic rings. The van der Waals surface area contributed by atoms with Crippen molar-refractivity contribution in [3.05, 3.63) is 53.3 Å². The highest BCUT2D eigenvalue weighted by Gasteiger charge is 2.34. The zero-order chi connectivity index (χ0) is 22.8. The van der Waals surface area contributed by atoms with Gasteiger partial charge in [0, 0.05) is 30.8 Å². The van der Waals surface area contributed by atoms with E-state index in [9.17, 15) is 30.8 Å². The van der Waals surface area contributed by atoms with Crippen molar-refractivity contribution in [2.75, 3.05) is 18.4 Å². The molecular formula is C19H17ClF4N2O4S. The van der Waals surface area contributed by atoms with Crippen LogP contribution >= 0.6 is 11.6 Å². The number of carbonyl (C=O) groups is 1. The minimum absolute atomic E-state index is 0.00888. The first-order chi connectivity index (χ1) is 14.5. The van der Waals surface area contributed by atoms with E-state index in [1.807, 2.05) is 0 Å². The average molecular weight is 481 g/mol. The molecule has 1 aliphatic heterocycles. The van der Waals surface area contributed by atoms with Crippen molar-refractivity contribution >= 4 is 33.2 Å². The number of sulfonamides is 1. The molecule has 2 aromatic rings. The number of anilines is 1. The minimum Gasteiger partial charge on any atom is -0.406 e. The Morgan fingerprint density at radius 3 is 2.42 bits per heavy atom. The summed E-state index contributed by atoms with van der Waals surface area (Å²) in [6.45, 7) is 0.0178. The second-order valence-corrected chi connectivity index (χ2v) is 9.16. The van der Waals surface area contributed by atoms with Crippen molar-refractivity contribution < 1.29 is 35.5 Å². The molecule has 1 N–H and O–H groups in total. The Hall–Kier alpha value is -2.37. The van der Waals surface area contributed by atoms with Crippen molar-refractivity contribution in [3.63, 3.8) is 0 Å². The van der Waals surface area contributed by atoms with Crippen LogP contribution in [-0.4, -0.2) is 38.1 Å². The Labute approximate surface area is 180 Å². The lowest BCUT2D eigenvalue weighted by Crippen LogP contribution is -2.41. The average Bonchev–Trinajstić information content (AvgIpc) is 2.70. The zero-order valence-electron chi connectivity index (χ0n) is 15.8. The van der Waals surface area contributed by atoms with Gasteiger partial charge in [-0.1, -0.05) is 17.7 Å². The van der Waals surface area contributed by atoms with Crippen molar-refractivity contribution in [3.8, 4) is 5.75 Å². The first-order valence-electron chi connectivity index (χ1n) is 9.07. The summed E-state index contributed by atoms with van der Waals surface area (Å²) in [5.74, 6) is -2.11. The van der Waals surface area contributed by atoms with Crippen LogP contribution in [0.4, 0.5) is 23.2 Å². The summed E-state index contributed by atoms with van der Waals surface area (Å²) < 4.78 is 80.9. The molecule has 3 rings (SSSR count). The number of amides is 1. The smallest absolute Gasteiger partial charge is 0.406 e. The molecule has 1 amide bonds. The van der Waals surface area contributed by atoms with Gasteiger partial charge < -0.3 is 10.1 Å². The van der Waals surface area contributed by atoms with Gasteiger partial charge in [0.15, 0.2) is 0 Å². The van der Waals surface area contributed by atoms with Crippen molar-refractivity contribution in [1.29, 1.82) is 0 Å². The molecule has 1 heterocycles. The molecule has 0 bridgehead atoms. The van der Waals surface area contributed by atoms with E-state index in [0.29, 0.717) is 5.69 Å².